The number of pyridine rings is 1. The first kappa shape index (κ1) is 8.05. The van der Waals surface area contributed by atoms with E-state index < -0.39 is 0 Å². The van der Waals surface area contributed by atoms with E-state index in [4.69, 9.17) is 4.74 Å². The molecule has 2 heteroatoms. The maximum Gasteiger partial charge on any atom is 0.140 e. The molecule has 1 heterocycles. The van der Waals surface area contributed by atoms with Crippen molar-refractivity contribution in [1.29, 1.82) is 0 Å². The van der Waals surface area contributed by atoms with Gasteiger partial charge in [-0.25, -0.2) is 0 Å². The third-order valence-electron chi connectivity index (χ3n) is 1.81. The van der Waals surface area contributed by atoms with Gasteiger partial charge in [0.25, 0.3) is 0 Å². The van der Waals surface area contributed by atoms with Crippen LogP contribution in [0.2, 0.25) is 0 Å². The van der Waals surface area contributed by atoms with E-state index in [-0.39, 0.29) is 0 Å². The highest BCUT2D eigenvalue weighted by molar-refractivity contribution is 5.35. The molecule has 0 bridgehead atoms. The largest absolute Gasteiger partial charge is 0.495 e. The Hall–Kier alpha value is -1.05. The van der Waals surface area contributed by atoms with Gasteiger partial charge in [0, 0.05) is 6.20 Å². The highest BCUT2D eigenvalue weighted by Crippen LogP contribution is 2.19. The first-order chi connectivity index (χ1) is 5.29. The van der Waals surface area contributed by atoms with Gasteiger partial charge in [-0.1, -0.05) is 6.92 Å². The Morgan fingerprint density at radius 3 is 2.64 bits per heavy atom. The summed E-state index contributed by atoms with van der Waals surface area (Å²) in [7, 11) is 1.68. The summed E-state index contributed by atoms with van der Waals surface area (Å²) in [4.78, 5) is 4.04. The Labute approximate surface area is 67.2 Å². The fourth-order valence-corrected chi connectivity index (χ4v) is 1.20. The van der Waals surface area contributed by atoms with Crippen LogP contribution >= 0.6 is 0 Å². The lowest BCUT2D eigenvalue weighted by atomic mass is 10.1. The number of ether oxygens (including phenoxy) is 1. The van der Waals surface area contributed by atoms with E-state index in [1.54, 1.807) is 13.3 Å². The van der Waals surface area contributed by atoms with Crippen molar-refractivity contribution in [2.45, 2.75) is 20.3 Å². The molecule has 0 aliphatic rings. The monoisotopic (exact) mass is 151 g/mol. The van der Waals surface area contributed by atoms with E-state index in [9.17, 15) is 0 Å². The van der Waals surface area contributed by atoms with E-state index in [1.165, 1.54) is 11.1 Å². The van der Waals surface area contributed by atoms with Crippen molar-refractivity contribution in [2.75, 3.05) is 7.11 Å². The van der Waals surface area contributed by atoms with Crippen molar-refractivity contribution in [1.82, 2.24) is 4.98 Å². The average molecular weight is 151 g/mol. The minimum atomic E-state index is 0.896. The van der Waals surface area contributed by atoms with Crippen LogP contribution in [-0.4, -0.2) is 12.1 Å². The SMILES string of the molecule is CCc1c(C)cncc1OC. The number of aromatic nitrogens is 1. The van der Waals surface area contributed by atoms with E-state index in [0.717, 1.165) is 12.2 Å². The number of rotatable bonds is 2. The van der Waals surface area contributed by atoms with Crippen molar-refractivity contribution in [3.63, 3.8) is 0 Å². The summed E-state index contributed by atoms with van der Waals surface area (Å²) < 4.78 is 5.15. The molecule has 0 amide bonds. The van der Waals surface area contributed by atoms with E-state index in [1.807, 2.05) is 13.1 Å². The molecule has 0 unspecified atom stereocenters. The van der Waals surface area contributed by atoms with Crippen LogP contribution in [0.4, 0.5) is 0 Å². The number of hydrogen-bond acceptors (Lipinski definition) is 2. The predicted molar refractivity (Wildman–Crippen MR) is 44.9 cm³/mol. The van der Waals surface area contributed by atoms with E-state index in [0.29, 0.717) is 0 Å². The van der Waals surface area contributed by atoms with E-state index in [2.05, 4.69) is 11.9 Å². The second-order valence-corrected chi connectivity index (χ2v) is 2.49. The zero-order valence-electron chi connectivity index (χ0n) is 7.22. The molecule has 1 rings (SSSR count). The van der Waals surface area contributed by atoms with Crippen LogP contribution in [0.3, 0.4) is 0 Å². The van der Waals surface area contributed by atoms with Crippen molar-refractivity contribution in [2.24, 2.45) is 0 Å². The van der Waals surface area contributed by atoms with Crippen LogP contribution in [-0.2, 0) is 6.42 Å². The molecular weight excluding hydrogens is 138 g/mol. The summed E-state index contributed by atoms with van der Waals surface area (Å²) >= 11 is 0. The van der Waals surface area contributed by atoms with Crippen molar-refractivity contribution in [3.05, 3.63) is 23.5 Å². The molecule has 0 saturated heterocycles. The molecule has 11 heavy (non-hydrogen) atoms. The van der Waals surface area contributed by atoms with Gasteiger partial charge in [-0.05, 0) is 24.5 Å². The minimum absolute atomic E-state index is 0.896. The third kappa shape index (κ3) is 1.50. The minimum Gasteiger partial charge on any atom is -0.495 e. The summed E-state index contributed by atoms with van der Waals surface area (Å²) in [5, 5.41) is 0. The zero-order chi connectivity index (χ0) is 8.27. The fraction of sp³-hybridized carbons (Fsp3) is 0.444. The lowest BCUT2D eigenvalue weighted by Crippen LogP contribution is -1.94. The zero-order valence-corrected chi connectivity index (χ0v) is 7.22. The number of nitrogens with zero attached hydrogens (tertiary/aromatic N) is 1. The summed E-state index contributed by atoms with van der Waals surface area (Å²) in [6.45, 7) is 4.17. The number of hydrogen-bond donors (Lipinski definition) is 0. The van der Waals surface area contributed by atoms with Gasteiger partial charge in [-0.3, -0.25) is 4.98 Å². The summed E-state index contributed by atoms with van der Waals surface area (Å²) in [6.07, 6.45) is 4.62. The van der Waals surface area contributed by atoms with Gasteiger partial charge in [0.2, 0.25) is 0 Å². The Balaban J connectivity index is 3.13. The second kappa shape index (κ2) is 3.37. The molecule has 0 saturated carbocycles. The lowest BCUT2D eigenvalue weighted by Gasteiger charge is -2.07. The molecule has 2 nitrogen and oxygen atoms in total. The van der Waals surface area contributed by atoms with Gasteiger partial charge in [0.15, 0.2) is 0 Å². The first-order valence-electron chi connectivity index (χ1n) is 3.77. The Morgan fingerprint density at radius 1 is 1.45 bits per heavy atom. The molecule has 0 aliphatic carbocycles. The summed E-state index contributed by atoms with van der Waals surface area (Å²) in [6, 6.07) is 0. The van der Waals surface area contributed by atoms with Crippen LogP contribution < -0.4 is 4.74 Å². The van der Waals surface area contributed by atoms with Gasteiger partial charge in [0.05, 0.1) is 13.3 Å². The van der Waals surface area contributed by atoms with Gasteiger partial charge < -0.3 is 4.74 Å². The molecule has 60 valence electrons. The van der Waals surface area contributed by atoms with Gasteiger partial charge in [-0.2, -0.15) is 0 Å². The molecule has 0 fully saturated rings. The Bertz CT molecular complexity index is 245. The molecule has 0 aliphatic heterocycles. The van der Waals surface area contributed by atoms with E-state index >= 15 is 0 Å². The maximum atomic E-state index is 5.15. The van der Waals surface area contributed by atoms with Crippen molar-refractivity contribution in [3.8, 4) is 5.75 Å². The smallest absolute Gasteiger partial charge is 0.140 e. The van der Waals surface area contributed by atoms with Gasteiger partial charge in [-0.15, -0.1) is 0 Å². The summed E-state index contributed by atoms with van der Waals surface area (Å²) in [5.74, 6) is 0.896. The Kier molecular flexibility index (Phi) is 2.47. The third-order valence-corrected chi connectivity index (χ3v) is 1.81. The van der Waals surface area contributed by atoms with Crippen LogP contribution in [0.1, 0.15) is 18.1 Å². The maximum absolute atomic E-state index is 5.15. The van der Waals surface area contributed by atoms with Crippen LogP contribution in [0.15, 0.2) is 12.4 Å². The molecule has 0 N–H and O–H groups in total. The van der Waals surface area contributed by atoms with Crippen LogP contribution in [0, 0.1) is 6.92 Å². The molecule has 1 aromatic heterocycles. The van der Waals surface area contributed by atoms with Gasteiger partial charge in [0.1, 0.15) is 5.75 Å². The first-order valence-corrected chi connectivity index (χ1v) is 3.77. The molecule has 0 atom stereocenters. The Morgan fingerprint density at radius 2 is 2.18 bits per heavy atom. The molecule has 1 aromatic rings. The topological polar surface area (TPSA) is 22.1 Å². The highest BCUT2D eigenvalue weighted by atomic mass is 16.5. The molecular formula is C9H13NO. The van der Waals surface area contributed by atoms with Crippen LogP contribution in [0.25, 0.3) is 0 Å². The standard InChI is InChI=1S/C9H13NO/c1-4-8-7(2)5-10-6-9(8)11-3/h5-6H,4H2,1-3H3. The van der Waals surface area contributed by atoms with Crippen molar-refractivity contribution >= 4 is 0 Å². The normalized spacial score (nSPS) is 9.73. The highest BCUT2D eigenvalue weighted by Gasteiger charge is 2.02. The number of aryl methyl sites for hydroxylation is 1. The molecule has 0 spiro atoms. The predicted octanol–water partition coefficient (Wildman–Crippen LogP) is 1.96. The van der Waals surface area contributed by atoms with Crippen LogP contribution in [0.5, 0.6) is 5.75 Å². The fourth-order valence-electron chi connectivity index (χ4n) is 1.20. The molecule has 0 aromatic carbocycles. The van der Waals surface area contributed by atoms with Crippen molar-refractivity contribution < 1.29 is 4.74 Å². The lowest BCUT2D eigenvalue weighted by molar-refractivity contribution is 0.407. The van der Waals surface area contributed by atoms with Gasteiger partial charge >= 0.3 is 0 Å². The number of methoxy groups -OCH3 is 1. The summed E-state index contributed by atoms with van der Waals surface area (Å²) in [5.41, 5.74) is 2.45. The average Bonchev–Trinajstić information content (AvgIpc) is 2.04. The second-order valence-electron chi connectivity index (χ2n) is 2.49. The quantitative estimate of drug-likeness (QED) is 0.644. The molecule has 0 radical (unpaired) electrons.